The molecule has 0 atom stereocenters. The highest BCUT2D eigenvalue weighted by Gasteiger charge is 2.27. The molecule has 1 aromatic heterocycles. The highest BCUT2D eigenvalue weighted by Crippen LogP contribution is 2.34. The van der Waals surface area contributed by atoms with Gasteiger partial charge < -0.3 is 9.64 Å². The maximum Gasteiger partial charge on any atom is 0.260 e. The van der Waals surface area contributed by atoms with Crippen LogP contribution >= 0.6 is 35.5 Å². The van der Waals surface area contributed by atoms with Gasteiger partial charge in [0.05, 0.1) is 28.3 Å². The average Bonchev–Trinajstić information content (AvgIpc) is 3.28. The third-order valence-electron chi connectivity index (χ3n) is 5.55. The maximum atomic E-state index is 13.5. The Labute approximate surface area is 220 Å². The normalized spacial score (nSPS) is 14.7. The van der Waals surface area contributed by atoms with Crippen LogP contribution in [0.2, 0.25) is 0 Å². The number of aromatic nitrogens is 1. The molecular weight excluding hydrogens is 528 g/mol. The van der Waals surface area contributed by atoms with Gasteiger partial charge >= 0.3 is 0 Å². The van der Waals surface area contributed by atoms with Crippen LogP contribution in [0.4, 0.5) is 5.13 Å². The molecule has 190 valence electrons. The number of hydrogen-bond acceptors (Lipinski definition) is 8. The Hall–Kier alpha value is -1.73. The number of anilines is 1. The molecule has 1 saturated heterocycles. The molecule has 0 saturated carbocycles. The molecule has 2 heterocycles. The van der Waals surface area contributed by atoms with Gasteiger partial charge in [0, 0.05) is 36.6 Å². The van der Waals surface area contributed by atoms with Gasteiger partial charge in [-0.1, -0.05) is 17.4 Å². The van der Waals surface area contributed by atoms with Crippen molar-refractivity contribution in [3.63, 3.8) is 0 Å². The van der Waals surface area contributed by atoms with E-state index in [1.54, 1.807) is 28.8 Å². The number of para-hydroxylation sites is 1. The summed E-state index contributed by atoms with van der Waals surface area (Å²) in [6.45, 7) is 2.57. The fourth-order valence-electron chi connectivity index (χ4n) is 3.64. The standard InChI is InChI=1S/C23H28N4O4S3.ClH/c1-25(2)11-12-27(23-24-21-19(32-3)5-4-6-20(21)33-23)22(28)17-7-9-18(10-8-17)34(29,30)26-13-15-31-16-14-26;/h4-10H,11-16H2,1-3H3;1H. The molecule has 3 aromatic rings. The number of thioether (sulfide) groups is 1. The van der Waals surface area contributed by atoms with Crippen LogP contribution in [-0.4, -0.2) is 88.3 Å². The summed E-state index contributed by atoms with van der Waals surface area (Å²) in [7, 11) is 0.299. The van der Waals surface area contributed by atoms with Gasteiger partial charge in [-0.25, -0.2) is 13.4 Å². The zero-order valence-corrected chi connectivity index (χ0v) is 23.1. The van der Waals surface area contributed by atoms with Crippen molar-refractivity contribution in [2.75, 3.05) is 64.6 Å². The third-order valence-corrected chi connectivity index (χ3v) is 9.27. The second kappa shape index (κ2) is 12.0. The van der Waals surface area contributed by atoms with Gasteiger partial charge in [-0.05, 0) is 56.7 Å². The zero-order chi connectivity index (χ0) is 24.3. The fraction of sp³-hybridized carbons (Fsp3) is 0.391. The minimum atomic E-state index is -3.61. The maximum absolute atomic E-state index is 13.5. The molecule has 0 spiro atoms. The number of hydrogen-bond donors (Lipinski definition) is 0. The molecule has 1 aliphatic heterocycles. The van der Waals surface area contributed by atoms with Crippen molar-refractivity contribution in [3.8, 4) is 0 Å². The number of amides is 1. The topological polar surface area (TPSA) is 83.1 Å². The highest BCUT2D eigenvalue weighted by molar-refractivity contribution is 7.98. The molecular formula is C23H29ClN4O4S3. The van der Waals surface area contributed by atoms with Gasteiger partial charge in [-0.15, -0.1) is 24.2 Å². The second-order valence-corrected chi connectivity index (χ2v) is 11.9. The van der Waals surface area contributed by atoms with E-state index < -0.39 is 10.0 Å². The van der Waals surface area contributed by atoms with Crippen LogP contribution in [0.25, 0.3) is 10.2 Å². The first-order valence-electron chi connectivity index (χ1n) is 10.9. The van der Waals surface area contributed by atoms with Gasteiger partial charge in [0.25, 0.3) is 5.91 Å². The zero-order valence-electron chi connectivity index (χ0n) is 19.8. The van der Waals surface area contributed by atoms with Crippen molar-refractivity contribution in [1.29, 1.82) is 0 Å². The molecule has 4 rings (SSSR count). The number of morpholine rings is 1. The molecule has 35 heavy (non-hydrogen) atoms. The van der Waals surface area contributed by atoms with E-state index in [-0.39, 0.29) is 23.2 Å². The highest BCUT2D eigenvalue weighted by atomic mass is 35.5. The summed E-state index contributed by atoms with van der Waals surface area (Å²) in [4.78, 5) is 23.3. The summed E-state index contributed by atoms with van der Waals surface area (Å²) in [5.41, 5.74) is 1.31. The smallest absolute Gasteiger partial charge is 0.260 e. The summed E-state index contributed by atoms with van der Waals surface area (Å²) in [5.74, 6) is -0.207. The Morgan fingerprint density at radius 3 is 2.43 bits per heavy atom. The summed E-state index contributed by atoms with van der Waals surface area (Å²) in [6.07, 6.45) is 2.01. The lowest BCUT2D eigenvalue weighted by Gasteiger charge is -2.26. The van der Waals surface area contributed by atoms with Crippen molar-refractivity contribution >= 4 is 66.8 Å². The van der Waals surface area contributed by atoms with E-state index in [2.05, 4.69) is 0 Å². The van der Waals surface area contributed by atoms with Crippen molar-refractivity contribution in [2.24, 2.45) is 0 Å². The van der Waals surface area contributed by atoms with Crippen LogP contribution in [0.3, 0.4) is 0 Å². The molecule has 8 nitrogen and oxygen atoms in total. The van der Waals surface area contributed by atoms with Crippen LogP contribution in [0.15, 0.2) is 52.3 Å². The number of carbonyl (C=O) groups is 1. The Balaban J connectivity index is 0.00000342. The fourth-order valence-corrected chi connectivity index (χ4v) is 6.69. The SMILES string of the molecule is CSc1cccc2sc(N(CCN(C)C)C(=O)c3ccc(S(=O)(=O)N4CCOCC4)cc3)nc12.Cl. The first kappa shape index (κ1) is 27.9. The molecule has 1 aliphatic rings. The molecule has 12 heteroatoms. The first-order valence-corrected chi connectivity index (χ1v) is 14.4. The van der Waals surface area contributed by atoms with E-state index in [4.69, 9.17) is 9.72 Å². The summed E-state index contributed by atoms with van der Waals surface area (Å²) >= 11 is 3.11. The Bertz CT molecular complexity index is 1260. The molecule has 0 bridgehead atoms. The molecule has 1 amide bonds. The first-order chi connectivity index (χ1) is 16.3. The Kier molecular flexibility index (Phi) is 9.55. The van der Waals surface area contributed by atoms with E-state index in [0.29, 0.717) is 50.1 Å². The van der Waals surface area contributed by atoms with Crippen LogP contribution in [0.5, 0.6) is 0 Å². The molecule has 0 aliphatic carbocycles. The largest absolute Gasteiger partial charge is 0.379 e. The lowest BCUT2D eigenvalue weighted by molar-refractivity contribution is 0.0730. The van der Waals surface area contributed by atoms with E-state index in [1.807, 2.05) is 43.5 Å². The number of sulfonamides is 1. The average molecular weight is 557 g/mol. The van der Waals surface area contributed by atoms with Gasteiger partial charge in [-0.2, -0.15) is 4.31 Å². The van der Waals surface area contributed by atoms with Crippen LogP contribution in [0, 0.1) is 0 Å². The van der Waals surface area contributed by atoms with Gasteiger partial charge in [0.1, 0.15) is 0 Å². The van der Waals surface area contributed by atoms with Crippen LogP contribution < -0.4 is 4.90 Å². The number of rotatable bonds is 8. The lowest BCUT2D eigenvalue weighted by atomic mass is 10.2. The number of likely N-dealkylation sites (N-methyl/N-ethyl adjacent to an activating group) is 1. The monoisotopic (exact) mass is 556 g/mol. The van der Waals surface area contributed by atoms with E-state index in [1.165, 1.54) is 27.8 Å². The number of fused-ring (bicyclic) bond motifs is 1. The van der Waals surface area contributed by atoms with E-state index in [9.17, 15) is 13.2 Å². The number of thiazole rings is 1. The summed E-state index contributed by atoms with van der Waals surface area (Å²) in [5, 5.41) is 0.633. The minimum Gasteiger partial charge on any atom is -0.379 e. The Morgan fingerprint density at radius 1 is 1.11 bits per heavy atom. The van der Waals surface area contributed by atoms with Crippen LogP contribution in [-0.2, 0) is 14.8 Å². The van der Waals surface area contributed by atoms with E-state index in [0.717, 1.165) is 15.1 Å². The van der Waals surface area contributed by atoms with Crippen molar-refractivity contribution in [3.05, 3.63) is 48.0 Å². The number of nitrogens with zero attached hydrogens (tertiary/aromatic N) is 4. The lowest BCUT2D eigenvalue weighted by Crippen LogP contribution is -2.40. The quantitative estimate of drug-likeness (QED) is 0.391. The summed E-state index contributed by atoms with van der Waals surface area (Å²) < 4.78 is 33.5. The predicted octanol–water partition coefficient (Wildman–Crippen LogP) is 3.67. The van der Waals surface area contributed by atoms with Gasteiger partial charge in [0.2, 0.25) is 10.0 Å². The second-order valence-electron chi connectivity index (χ2n) is 8.10. The third kappa shape index (κ3) is 6.16. The molecule has 0 radical (unpaired) electrons. The van der Waals surface area contributed by atoms with E-state index >= 15 is 0 Å². The van der Waals surface area contributed by atoms with Crippen molar-refractivity contribution in [1.82, 2.24) is 14.2 Å². The molecule has 0 unspecified atom stereocenters. The number of ether oxygens (including phenoxy) is 1. The molecule has 1 fully saturated rings. The molecule has 0 N–H and O–H groups in total. The summed E-state index contributed by atoms with van der Waals surface area (Å²) in [6, 6.07) is 12.2. The number of halogens is 1. The van der Waals surface area contributed by atoms with Crippen molar-refractivity contribution in [2.45, 2.75) is 9.79 Å². The Morgan fingerprint density at radius 2 is 1.80 bits per heavy atom. The predicted molar refractivity (Wildman–Crippen MR) is 145 cm³/mol. The van der Waals surface area contributed by atoms with Crippen LogP contribution in [0.1, 0.15) is 10.4 Å². The van der Waals surface area contributed by atoms with Gasteiger partial charge in [-0.3, -0.25) is 9.69 Å². The number of carbonyl (C=O) groups excluding carboxylic acids is 1. The van der Waals surface area contributed by atoms with Gasteiger partial charge in [0.15, 0.2) is 5.13 Å². The molecule has 2 aromatic carbocycles. The minimum absolute atomic E-state index is 0. The number of benzene rings is 2. The van der Waals surface area contributed by atoms with Crippen molar-refractivity contribution < 1.29 is 17.9 Å².